The van der Waals surface area contributed by atoms with Crippen molar-refractivity contribution in [1.29, 1.82) is 0 Å². The van der Waals surface area contributed by atoms with E-state index in [0.717, 1.165) is 10.2 Å². The molecule has 0 unspecified atom stereocenters. The highest BCUT2D eigenvalue weighted by molar-refractivity contribution is 9.10. The minimum atomic E-state index is -0.686. The van der Waals surface area contributed by atoms with Crippen LogP contribution >= 0.6 is 15.9 Å². The van der Waals surface area contributed by atoms with E-state index < -0.39 is 11.8 Å². The fourth-order valence-electron chi connectivity index (χ4n) is 1.68. The zero-order valence-corrected chi connectivity index (χ0v) is 12.8. The Morgan fingerprint density at radius 1 is 1.10 bits per heavy atom. The van der Waals surface area contributed by atoms with Crippen molar-refractivity contribution < 1.29 is 9.59 Å². The van der Waals surface area contributed by atoms with Crippen LogP contribution in [0, 0.1) is 0 Å². The van der Waals surface area contributed by atoms with Gasteiger partial charge in [-0.05, 0) is 30.3 Å². The number of benzene rings is 1. The van der Waals surface area contributed by atoms with Crippen molar-refractivity contribution in [2.45, 2.75) is 6.42 Å². The van der Waals surface area contributed by atoms with Crippen molar-refractivity contribution in [2.75, 3.05) is 11.9 Å². The summed E-state index contributed by atoms with van der Waals surface area (Å²) < 4.78 is 0.830. The van der Waals surface area contributed by atoms with Gasteiger partial charge in [0.1, 0.15) is 0 Å². The Bertz CT molecular complexity index is 632. The van der Waals surface area contributed by atoms with Gasteiger partial charge in [-0.3, -0.25) is 14.6 Å². The van der Waals surface area contributed by atoms with Gasteiger partial charge in [-0.2, -0.15) is 0 Å². The molecule has 0 atom stereocenters. The molecule has 1 heterocycles. The molecule has 0 bridgehead atoms. The van der Waals surface area contributed by atoms with Crippen LogP contribution in [0.15, 0.2) is 53.1 Å². The Balaban J connectivity index is 1.79. The number of hydrogen-bond donors (Lipinski definition) is 2. The molecular formula is C15H14BrN3O2. The van der Waals surface area contributed by atoms with Crippen molar-refractivity contribution in [1.82, 2.24) is 10.3 Å². The van der Waals surface area contributed by atoms with E-state index >= 15 is 0 Å². The first kappa shape index (κ1) is 15.2. The van der Waals surface area contributed by atoms with Crippen molar-refractivity contribution in [3.8, 4) is 0 Å². The zero-order chi connectivity index (χ0) is 15.1. The third kappa shape index (κ3) is 5.00. The second-order valence-electron chi connectivity index (χ2n) is 4.29. The Morgan fingerprint density at radius 3 is 2.67 bits per heavy atom. The SMILES string of the molecule is O=C(NCCc1ccccn1)C(=O)Nc1cccc(Br)c1. The maximum absolute atomic E-state index is 11.7. The highest BCUT2D eigenvalue weighted by atomic mass is 79.9. The van der Waals surface area contributed by atoms with E-state index in [-0.39, 0.29) is 0 Å². The van der Waals surface area contributed by atoms with Crippen LogP contribution in [0.2, 0.25) is 0 Å². The zero-order valence-electron chi connectivity index (χ0n) is 11.2. The van der Waals surface area contributed by atoms with Crippen molar-refractivity contribution in [2.24, 2.45) is 0 Å². The smallest absolute Gasteiger partial charge is 0.313 e. The molecule has 2 N–H and O–H groups in total. The van der Waals surface area contributed by atoms with E-state index in [1.807, 2.05) is 24.3 Å². The molecule has 1 aromatic carbocycles. The predicted molar refractivity (Wildman–Crippen MR) is 83.7 cm³/mol. The number of hydrogen-bond acceptors (Lipinski definition) is 3. The lowest BCUT2D eigenvalue weighted by atomic mass is 10.2. The minimum absolute atomic E-state index is 0.363. The predicted octanol–water partition coefficient (Wildman–Crippen LogP) is 2.14. The van der Waals surface area contributed by atoms with E-state index in [9.17, 15) is 9.59 Å². The van der Waals surface area contributed by atoms with Gasteiger partial charge in [-0.15, -0.1) is 0 Å². The number of nitrogens with one attached hydrogen (secondary N) is 2. The topological polar surface area (TPSA) is 71.1 Å². The summed E-state index contributed by atoms with van der Waals surface area (Å²) in [6.45, 7) is 0.363. The quantitative estimate of drug-likeness (QED) is 0.832. The summed E-state index contributed by atoms with van der Waals surface area (Å²) >= 11 is 3.30. The van der Waals surface area contributed by atoms with Crippen LogP contribution in [-0.4, -0.2) is 23.3 Å². The minimum Gasteiger partial charge on any atom is -0.347 e. The van der Waals surface area contributed by atoms with Gasteiger partial charge in [0.15, 0.2) is 0 Å². The summed E-state index contributed by atoms with van der Waals surface area (Å²) in [4.78, 5) is 27.5. The van der Waals surface area contributed by atoms with Crippen molar-refractivity contribution in [3.05, 3.63) is 58.8 Å². The molecule has 0 saturated heterocycles. The summed E-state index contributed by atoms with van der Waals surface area (Å²) in [7, 11) is 0. The number of anilines is 1. The Morgan fingerprint density at radius 2 is 1.95 bits per heavy atom. The number of amides is 2. The standard InChI is InChI=1S/C15H14BrN3O2/c16-11-4-3-6-13(10-11)19-15(21)14(20)18-9-7-12-5-1-2-8-17-12/h1-6,8,10H,7,9H2,(H,18,20)(H,19,21). The lowest BCUT2D eigenvalue weighted by Crippen LogP contribution is -2.36. The molecule has 0 aliphatic rings. The van der Waals surface area contributed by atoms with Gasteiger partial charge in [0.25, 0.3) is 0 Å². The monoisotopic (exact) mass is 347 g/mol. The summed E-state index contributed by atoms with van der Waals surface area (Å²) in [5.74, 6) is -1.35. The molecule has 6 heteroatoms. The molecular weight excluding hydrogens is 334 g/mol. The average Bonchev–Trinajstić information content (AvgIpc) is 2.48. The van der Waals surface area contributed by atoms with E-state index in [2.05, 4.69) is 31.5 Å². The van der Waals surface area contributed by atoms with Gasteiger partial charge < -0.3 is 10.6 Å². The molecule has 0 aliphatic heterocycles. The van der Waals surface area contributed by atoms with Crippen LogP contribution in [0.1, 0.15) is 5.69 Å². The lowest BCUT2D eigenvalue weighted by molar-refractivity contribution is -0.136. The number of carbonyl (C=O) groups excluding carboxylic acids is 2. The largest absolute Gasteiger partial charge is 0.347 e. The first-order valence-electron chi connectivity index (χ1n) is 6.40. The van der Waals surface area contributed by atoms with E-state index in [0.29, 0.717) is 18.7 Å². The summed E-state index contributed by atoms with van der Waals surface area (Å²) in [6.07, 6.45) is 2.27. The number of carbonyl (C=O) groups is 2. The number of rotatable bonds is 4. The number of halogens is 1. The van der Waals surface area contributed by atoms with E-state index in [1.54, 1.807) is 24.4 Å². The summed E-state index contributed by atoms with van der Waals surface area (Å²) in [5, 5.41) is 5.10. The molecule has 2 aromatic rings. The molecule has 2 rings (SSSR count). The first-order valence-corrected chi connectivity index (χ1v) is 7.19. The highest BCUT2D eigenvalue weighted by Crippen LogP contribution is 2.15. The van der Waals surface area contributed by atoms with Gasteiger partial charge in [-0.25, -0.2) is 0 Å². The first-order chi connectivity index (χ1) is 10.1. The third-order valence-electron chi connectivity index (χ3n) is 2.68. The highest BCUT2D eigenvalue weighted by Gasteiger charge is 2.13. The third-order valence-corrected chi connectivity index (χ3v) is 3.17. The second-order valence-corrected chi connectivity index (χ2v) is 5.21. The lowest BCUT2D eigenvalue weighted by Gasteiger charge is -2.06. The van der Waals surface area contributed by atoms with E-state index in [1.165, 1.54) is 0 Å². The van der Waals surface area contributed by atoms with Crippen LogP contribution in [0.25, 0.3) is 0 Å². The van der Waals surface area contributed by atoms with Crippen LogP contribution < -0.4 is 10.6 Å². The molecule has 1 aromatic heterocycles. The fraction of sp³-hybridized carbons (Fsp3) is 0.133. The van der Waals surface area contributed by atoms with E-state index in [4.69, 9.17) is 0 Å². The van der Waals surface area contributed by atoms with Crippen LogP contribution in [0.4, 0.5) is 5.69 Å². The Kier molecular flexibility index (Phi) is 5.45. The molecule has 0 saturated carbocycles. The molecule has 2 amide bonds. The van der Waals surface area contributed by atoms with Crippen LogP contribution in [-0.2, 0) is 16.0 Å². The maximum atomic E-state index is 11.7. The van der Waals surface area contributed by atoms with Crippen LogP contribution in [0.5, 0.6) is 0 Å². The van der Waals surface area contributed by atoms with Gasteiger partial charge in [-0.1, -0.05) is 28.1 Å². The average molecular weight is 348 g/mol. The maximum Gasteiger partial charge on any atom is 0.313 e. The number of nitrogens with zero attached hydrogens (tertiary/aromatic N) is 1. The molecule has 21 heavy (non-hydrogen) atoms. The molecule has 0 aliphatic carbocycles. The number of pyridine rings is 1. The van der Waals surface area contributed by atoms with Crippen molar-refractivity contribution >= 4 is 33.4 Å². The summed E-state index contributed by atoms with van der Waals surface area (Å²) in [5.41, 5.74) is 1.43. The molecule has 108 valence electrons. The summed E-state index contributed by atoms with van der Waals surface area (Å²) in [6, 6.07) is 12.6. The molecule has 0 radical (unpaired) electrons. The second kappa shape index (κ2) is 7.54. The van der Waals surface area contributed by atoms with Gasteiger partial charge >= 0.3 is 11.8 Å². The molecule has 5 nitrogen and oxygen atoms in total. The van der Waals surface area contributed by atoms with Crippen molar-refractivity contribution in [3.63, 3.8) is 0 Å². The Hall–Kier alpha value is -2.21. The molecule has 0 spiro atoms. The van der Waals surface area contributed by atoms with Gasteiger partial charge in [0.05, 0.1) is 0 Å². The Labute approximate surface area is 130 Å². The van der Waals surface area contributed by atoms with Gasteiger partial charge in [0.2, 0.25) is 0 Å². The molecule has 0 fully saturated rings. The fourth-order valence-corrected chi connectivity index (χ4v) is 2.08. The van der Waals surface area contributed by atoms with Crippen LogP contribution in [0.3, 0.4) is 0 Å². The van der Waals surface area contributed by atoms with Gasteiger partial charge in [0, 0.05) is 35.0 Å². The normalized spacial score (nSPS) is 9.95. The number of aromatic nitrogens is 1.